The summed E-state index contributed by atoms with van der Waals surface area (Å²) < 4.78 is 5.27. The Bertz CT molecular complexity index is 351. The van der Waals surface area contributed by atoms with Crippen molar-refractivity contribution >= 4 is 0 Å². The summed E-state index contributed by atoms with van der Waals surface area (Å²) in [6.07, 6.45) is 6.92. The summed E-state index contributed by atoms with van der Waals surface area (Å²) in [6, 6.07) is 2.47. The Kier molecular flexibility index (Phi) is 5.10. The van der Waals surface area contributed by atoms with Crippen LogP contribution in [0, 0.1) is 19.3 Å². The molecule has 88 valence electrons. The lowest BCUT2D eigenvalue weighted by molar-refractivity contribution is 0.243. The second-order valence-corrected chi connectivity index (χ2v) is 4.10. The minimum Gasteiger partial charge on any atom is -0.469 e. The van der Waals surface area contributed by atoms with Gasteiger partial charge in [0, 0.05) is 24.7 Å². The van der Waals surface area contributed by atoms with E-state index in [0.29, 0.717) is 12.6 Å². The van der Waals surface area contributed by atoms with Crippen LogP contribution < -0.4 is 5.32 Å². The first-order valence-corrected chi connectivity index (χ1v) is 5.52. The molecule has 0 radical (unpaired) electrons. The fourth-order valence-corrected chi connectivity index (χ4v) is 1.51. The van der Waals surface area contributed by atoms with Gasteiger partial charge in [0.2, 0.25) is 0 Å². The van der Waals surface area contributed by atoms with Gasteiger partial charge < -0.3 is 9.73 Å². The van der Waals surface area contributed by atoms with Gasteiger partial charge in [0.25, 0.3) is 0 Å². The van der Waals surface area contributed by atoms with Gasteiger partial charge in [0.05, 0.1) is 12.8 Å². The summed E-state index contributed by atoms with van der Waals surface area (Å²) in [5.74, 6) is 3.57. The van der Waals surface area contributed by atoms with Crippen molar-refractivity contribution in [2.24, 2.45) is 0 Å². The zero-order chi connectivity index (χ0) is 12.0. The van der Waals surface area contributed by atoms with Crippen LogP contribution in [0.15, 0.2) is 16.7 Å². The SMILES string of the molecule is C#CCNCC(C)N(C)Cc1ccoc1C. The summed E-state index contributed by atoms with van der Waals surface area (Å²) in [7, 11) is 2.11. The minimum atomic E-state index is 0.447. The molecule has 0 aliphatic rings. The Labute approximate surface area is 97.8 Å². The molecule has 16 heavy (non-hydrogen) atoms. The van der Waals surface area contributed by atoms with Gasteiger partial charge in [-0.05, 0) is 27.0 Å². The fraction of sp³-hybridized carbons (Fsp3) is 0.538. The summed E-state index contributed by atoms with van der Waals surface area (Å²) >= 11 is 0. The van der Waals surface area contributed by atoms with Gasteiger partial charge in [0.15, 0.2) is 0 Å². The zero-order valence-corrected chi connectivity index (χ0v) is 10.3. The standard InChI is InChI=1S/C13H20N2O/c1-5-7-14-9-11(2)15(4)10-13-6-8-16-12(13)3/h1,6,8,11,14H,7,9-10H2,2-4H3. The lowest BCUT2D eigenvalue weighted by atomic mass is 10.2. The molecule has 3 nitrogen and oxygen atoms in total. The monoisotopic (exact) mass is 220 g/mol. The topological polar surface area (TPSA) is 28.4 Å². The number of hydrogen-bond acceptors (Lipinski definition) is 3. The Balaban J connectivity index is 2.37. The van der Waals surface area contributed by atoms with Gasteiger partial charge in [-0.2, -0.15) is 0 Å². The molecule has 1 heterocycles. The molecular weight excluding hydrogens is 200 g/mol. The summed E-state index contributed by atoms with van der Waals surface area (Å²) in [5, 5.41) is 3.21. The third-order valence-electron chi connectivity index (χ3n) is 2.81. The van der Waals surface area contributed by atoms with E-state index in [0.717, 1.165) is 18.8 Å². The van der Waals surface area contributed by atoms with E-state index in [-0.39, 0.29) is 0 Å². The first kappa shape index (κ1) is 12.8. The van der Waals surface area contributed by atoms with Gasteiger partial charge in [-0.3, -0.25) is 4.90 Å². The Morgan fingerprint density at radius 3 is 2.94 bits per heavy atom. The predicted octanol–water partition coefficient (Wildman–Crippen LogP) is 1.63. The molecule has 3 heteroatoms. The average molecular weight is 220 g/mol. The number of likely N-dealkylation sites (N-methyl/N-ethyl adjacent to an activating group) is 1. The third kappa shape index (κ3) is 3.73. The van der Waals surface area contributed by atoms with Crippen LogP contribution in [0.4, 0.5) is 0 Å². The molecule has 1 N–H and O–H groups in total. The Morgan fingerprint density at radius 1 is 1.62 bits per heavy atom. The van der Waals surface area contributed by atoms with Crippen molar-refractivity contribution in [2.45, 2.75) is 26.4 Å². The highest BCUT2D eigenvalue weighted by atomic mass is 16.3. The molecule has 1 unspecified atom stereocenters. The van der Waals surface area contributed by atoms with Crippen LogP contribution >= 0.6 is 0 Å². The smallest absolute Gasteiger partial charge is 0.105 e. The van der Waals surface area contributed by atoms with Crippen LogP contribution in [-0.4, -0.2) is 31.1 Å². The van der Waals surface area contributed by atoms with E-state index in [4.69, 9.17) is 10.8 Å². The lowest BCUT2D eigenvalue weighted by Gasteiger charge is -2.24. The highest BCUT2D eigenvalue weighted by molar-refractivity contribution is 5.15. The van der Waals surface area contributed by atoms with Crippen LogP contribution in [0.5, 0.6) is 0 Å². The summed E-state index contributed by atoms with van der Waals surface area (Å²) in [6.45, 7) is 6.60. The van der Waals surface area contributed by atoms with Gasteiger partial charge in [-0.25, -0.2) is 0 Å². The zero-order valence-electron chi connectivity index (χ0n) is 10.3. The number of aryl methyl sites for hydroxylation is 1. The molecule has 0 fully saturated rings. The van der Waals surface area contributed by atoms with Crippen LogP contribution in [-0.2, 0) is 6.54 Å². The molecule has 1 rings (SSSR count). The normalized spacial score (nSPS) is 12.7. The lowest BCUT2D eigenvalue weighted by Crippen LogP contribution is -2.37. The highest BCUT2D eigenvalue weighted by Gasteiger charge is 2.11. The molecule has 0 saturated heterocycles. The molecular formula is C13H20N2O. The first-order chi connectivity index (χ1) is 7.65. The van der Waals surface area contributed by atoms with Crippen molar-refractivity contribution in [3.8, 4) is 12.3 Å². The van der Waals surface area contributed by atoms with Gasteiger partial charge >= 0.3 is 0 Å². The van der Waals surface area contributed by atoms with Crippen molar-refractivity contribution in [1.82, 2.24) is 10.2 Å². The number of furan rings is 1. The van der Waals surface area contributed by atoms with Gasteiger partial charge in [-0.15, -0.1) is 6.42 Å². The maximum absolute atomic E-state index is 5.27. The average Bonchev–Trinajstić information content (AvgIpc) is 2.64. The molecule has 1 aromatic rings. The van der Waals surface area contributed by atoms with Gasteiger partial charge in [-0.1, -0.05) is 5.92 Å². The second kappa shape index (κ2) is 6.37. The number of nitrogens with zero attached hydrogens (tertiary/aromatic N) is 1. The Hall–Kier alpha value is -1.24. The number of rotatable bonds is 6. The minimum absolute atomic E-state index is 0.447. The molecule has 0 spiro atoms. The van der Waals surface area contributed by atoms with E-state index in [9.17, 15) is 0 Å². The molecule has 0 bridgehead atoms. The maximum atomic E-state index is 5.27. The molecule has 0 aliphatic carbocycles. The van der Waals surface area contributed by atoms with Crippen LogP contribution in [0.2, 0.25) is 0 Å². The van der Waals surface area contributed by atoms with E-state index < -0.39 is 0 Å². The van der Waals surface area contributed by atoms with Crippen LogP contribution in [0.1, 0.15) is 18.2 Å². The van der Waals surface area contributed by atoms with E-state index in [1.165, 1.54) is 5.56 Å². The molecule has 0 saturated carbocycles. The molecule has 0 aromatic carbocycles. The van der Waals surface area contributed by atoms with E-state index in [2.05, 4.69) is 30.1 Å². The molecule has 1 atom stereocenters. The largest absolute Gasteiger partial charge is 0.469 e. The predicted molar refractivity (Wildman–Crippen MR) is 66.1 cm³/mol. The second-order valence-electron chi connectivity index (χ2n) is 4.10. The number of nitrogens with one attached hydrogen (secondary N) is 1. The fourth-order valence-electron chi connectivity index (χ4n) is 1.51. The molecule has 0 amide bonds. The van der Waals surface area contributed by atoms with Crippen LogP contribution in [0.3, 0.4) is 0 Å². The number of terminal acetylenes is 1. The van der Waals surface area contributed by atoms with Crippen molar-refractivity contribution < 1.29 is 4.42 Å². The van der Waals surface area contributed by atoms with E-state index in [1.54, 1.807) is 6.26 Å². The van der Waals surface area contributed by atoms with Crippen molar-refractivity contribution in [3.05, 3.63) is 23.7 Å². The molecule has 0 aliphatic heterocycles. The quantitative estimate of drug-likeness (QED) is 0.583. The van der Waals surface area contributed by atoms with E-state index in [1.807, 2.05) is 13.0 Å². The first-order valence-electron chi connectivity index (χ1n) is 5.52. The van der Waals surface area contributed by atoms with Crippen LogP contribution in [0.25, 0.3) is 0 Å². The van der Waals surface area contributed by atoms with Gasteiger partial charge in [0.1, 0.15) is 5.76 Å². The van der Waals surface area contributed by atoms with Crippen molar-refractivity contribution in [1.29, 1.82) is 0 Å². The van der Waals surface area contributed by atoms with Crippen molar-refractivity contribution in [2.75, 3.05) is 20.1 Å². The maximum Gasteiger partial charge on any atom is 0.105 e. The number of hydrogen-bond donors (Lipinski definition) is 1. The third-order valence-corrected chi connectivity index (χ3v) is 2.81. The summed E-state index contributed by atoms with van der Waals surface area (Å²) in [5.41, 5.74) is 1.24. The molecule has 1 aromatic heterocycles. The summed E-state index contributed by atoms with van der Waals surface area (Å²) in [4.78, 5) is 2.28. The van der Waals surface area contributed by atoms with E-state index >= 15 is 0 Å². The highest BCUT2D eigenvalue weighted by Crippen LogP contribution is 2.12. The van der Waals surface area contributed by atoms with Crippen molar-refractivity contribution in [3.63, 3.8) is 0 Å². The Morgan fingerprint density at radius 2 is 2.38 bits per heavy atom.